The first-order valence-corrected chi connectivity index (χ1v) is 11.5. The molecule has 0 atom stereocenters. The fourth-order valence-corrected chi connectivity index (χ4v) is 4.44. The van der Waals surface area contributed by atoms with Gasteiger partial charge in [-0.2, -0.15) is 0 Å². The van der Waals surface area contributed by atoms with Gasteiger partial charge in [-0.05, 0) is 73.5 Å². The van der Waals surface area contributed by atoms with Gasteiger partial charge < -0.3 is 10.6 Å². The Balaban J connectivity index is 1.64. The molecule has 32 heavy (non-hydrogen) atoms. The van der Waals surface area contributed by atoms with Crippen LogP contribution in [0.2, 0.25) is 5.02 Å². The van der Waals surface area contributed by atoms with Crippen LogP contribution in [0.5, 0.6) is 0 Å². The molecule has 3 N–H and O–H groups in total. The van der Waals surface area contributed by atoms with Crippen LogP contribution in [-0.4, -0.2) is 26.8 Å². The Morgan fingerprint density at radius 1 is 0.906 bits per heavy atom. The second-order valence-corrected chi connectivity index (χ2v) is 9.28. The smallest absolute Gasteiger partial charge is 0.262 e. The van der Waals surface area contributed by atoms with Gasteiger partial charge in [0.15, 0.2) is 0 Å². The van der Waals surface area contributed by atoms with Crippen LogP contribution in [0, 0.1) is 13.8 Å². The van der Waals surface area contributed by atoms with Crippen LogP contribution in [0.25, 0.3) is 0 Å². The van der Waals surface area contributed by atoms with Crippen molar-refractivity contribution in [2.75, 3.05) is 16.6 Å². The second-order valence-electron chi connectivity index (χ2n) is 7.19. The van der Waals surface area contributed by atoms with E-state index in [1.165, 1.54) is 12.1 Å². The van der Waals surface area contributed by atoms with E-state index in [0.717, 1.165) is 5.56 Å². The molecule has 7 nitrogen and oxygen atoms in total. The number of benzene rings is 3. The number of nitrogens with one attached hydrogen (secondary N) is 3. The van der Waals surface area contributed by atoms with Gasteiger partial charge >= 0.3 is 0 Å². The van der Waals surface area contributed by atoms with Crippen LogP contribution >= 0.6 is 11.6 Å². The lowest BCUT2D eigenvalue weighted by Gasteiger charge is -2.12. The van der Waals surface area contributed by atoms with Crippen molar-refractivity contribution in [3.63, 3.8) is 0 Å². The molecular formula is C23H22ClN3O4S. The predicted octanol–water partition coefficient (Wildman–Crippen LogP) is 4.13. The summed E-state index contributed by atoms with van der Waals surface area (Å²) in [5.74, 6) is -0.920. The first-order chi connectivity index (χ1) is 15.1. The molecule has 0 aromatic heterocycles. The Bertz CT molecular complexity index is 1260. The number of sulfonamides is 1. The molecule has 0 radical (unpaired) electrons. The maximum atomic E-state index is 12.8. The van der Waals surface area contributed by atoms with Crippen LogP contribution in [-0.2, 0) is 14.8 Å². The minimum Gasteiger partial charge on any atom is -0.343 e. The summed E-state index contributed by atoms with van der Waals surface area (Å²) in [6, 6.07) is 17.8. The SMILES string of the molecule is Cc1ccc(C)c(S(=O)(=O)Nc2cccc(C(=O)NCC(=O)Nc3ccc(Cl)cc3)c2)c1. The standard InChI is InChI=1S/C23H22ClN3O4S/c1-15-6-7-16(2)21(12-15)32(30,31)27-20-5-3-4-17(13-20)23(29)25-14-22(28)26-19-10-8-18(24)9-11-19/h3-13,27H,14H2,1-2H3,(H,25,29)(H,26,28). The third-order valence-corrected chi connectivity index (χ3v) is 6.32. The summed E-state index contributed by atoms with van der Waals surface area (Å²) in [5, 5.41) is 5.70. The molecule has 0 bridgehead atoms. The van der Waals surface area contributed by atoms with Gasteiger partial charge in [0, 0.05) is 22.0 Å². The largest absolute Gasteiger partial charge is 0.343 e. The van der Waals surface area contributed by atoms with Crippen molar-refractivity contribution < 1.29 is 18.0 Å². The highest BCUT2D eigenvalue weighted by Crippen LogP contribution is 2.21. The van der Waals surface area contributed by atoms with Gasteiger partial charge in [-0.1, -0.05) is 29.8 Å². The first-order valence-electron chi connectivity index (χ1n) is 9.68. The minimum absolute atomic E-state index is 0.172. The zero-order valence-corrected chi connectivity index (χ0v) is 19.0. The van der Waals surface area contributed by atoms with Crippen molar-refractivity contribution in [1.82, 2.24) is 5.32 Å². The van der Waals surface area contributed by atoms with Crippen LogP contribution in [0.4, 0.5) is 11.4 Å². The Hall–Kier alpha value is -3.36. The number of rotatable bonds is 7. The number of amides is 2. The minimum atomic E-state index is -3.83. The molecule has 2 amide bonds. The van der Waals surface area contributed by atoms with Crippen molar-refractivity contribution in [2.45, 2.75) is 18.7 Å². The monoisotopic (exact) mass is 471 g/mol. The quantitative estimate of drug-likeness (QED) is 0.482. The maximum Gasteiger partial charge on any atom is 0.262 e. The lowest BCUT2D eigenvalue weighted by molar-refractivity contribution is -0.115. The maximum absolute atomic E-state index is 12.8. The molecule has 9 heteroatoms. The van der Waals surface area contributed by atoms with E-state index in [4.69, 9.17) is 11.6 Å². The van der Waals surface area contributed by atoms with E-state index in [2.05, 4.69) is 15.4 Å². The van der Waals surface area contributed by atoms with Crippen LogP contribution < -0.4 is 15.4 Å². The summed E-state index contributed by atoms with van der Waals surface area (Å²) in [5.41, 5.74) is 2.44. The average Bonchev–Trinajstić information content (AvgIpc) is 2.75. The van der Waals surface area contributed by atoms with Crippen molar-refractivity contribution in [3.8, 4) is 0 Å². The molecule has 0 aliphatic heterocycles. The third-order valence-electron chi connectivity index (χ3n) is 4.55. The predicted molar refractivity (Wildman–Crippen MR) is 126 cm³/mol. The summed E-state index contributed by atoms with van der Waals surface area (Å²) in [7, 11) is -3.83. The van der Waals surface area contributed by atoms with E-state index in [1.807, 2.05) is 13.0 Å². The van der Waals surface area contributed by atoms with Gasteiger partial charge in [-0.3, -0.25) is 14.3 Å². The second kappa shape index (κ2) is 9.84. The van der Waals surface area contributed by atoms with Gasteiger partial charge in [-0.15, -0.1) is 0 Å². The van der Waals surface area contributed by atoms with Crippen molar-refractivity contribution >= 4 is 44.8 Å². The summed E-state index contributed by atoms with van der Waals surface area (Å²) >= 11 is 5.81. The summed E-state index contributed by atoms with van der Waals surface area (Å²) in [6.07, 6.45) is 0. The lowest BCUT2D eigenvalue weighted by atomic mass is 10.2. The fourth-order valence-electron chi connectivity index (χ4n) is 2.93. The molecule has 0 saturated carbocycles. The van der Waals surface area contributed by atoms with Crippen molar-refractivity contribution in [2.24, 2.45) is 0 Å². The molecule has 0 aliphatic carbocycles. The van der Waals surface area contributed by atoms with Gasteiger partial charge in [0.2, 0.25) is 5.91 Å². The van der Waals surface area contributed by atoms with E-state index in [0.29, 0.717) is 16.3 Å². The number of aryl methyl sites for hydroxylation is 2. The highest BCUT2D eigenvalue weighted by Gasteiger charge is 2.18. The normalized spacial score (nSPS) is 11.0. The molecule has 166 valence electrons. The first kappa shape index (κ1) is 23.3. The third kappa shape index (κ3) is 6.09. The number of hydrogen-bond acceptors (Lipinski definition) is 4. The van der Waals surface area contributed by atoms with E-state index in [1.54, 1.807) is 55.5 Å². The molecule has 3 aromatic carbocycles. The Morgan fingerprint density at radius 2 is 1.62 bits per heavy atom. The Kier molecular flexibility index (Phi) is 7.17. The number of carbonyl (C=O) groups is 2. The van der Waals surface area contributed by atoms with Crippen LogP contribution in [0.15, 0.2) is 71.6 Å². The van der Waals surface area contributed by atoms with Crippen molar-refractivity contribution in [1.29, 1.82) is 0 Å². The average molecular weight is 472 g/mol. The molecule has 3 aromatic rings. The summed E-state index contributed by atoms with van der Waals surface area (Å²) < 4.78 is 28.1. The van der Waals surface area contributed by atoms with Crippen LogP contribution in [0.1, 0.15) is 21.5 Å². The lowest BCUT2D eigenvalue weighted by Crippen LogP contribution is -2.32. The molecule has 0 aliphatic rings. The number of hydrogen-bond donors (Lipinski definition) is 3. The van der Waals surface area contributed by atoms with E-state index >= 15 is 0 Å². The molecule has 0 fully saturated rings. The molecular weight excluding hydrogens is 450 g/mol. The Labute approximate surface area is 191 Å². The summed E-state index contributed by atoms with van der Waals surface area (Å²) in [6.45, 7) is 3.28. The van der Waals surface area contributed by atoms with Crippen molar-refractivity contribution in [3.05, 3.63) is 88.4 Å². The number of carbonyl (C=O) groups excluding carboxylic acids is 2. The van der Waals surface area contributed by atoms with E-state index in [9.17, 15) is 18.0 Å². The fraction of sp³-hybridized carbons (Fsp3) is 0.130. The number of halogens is 1. The number of anilines is 2. The highest BCUT2D eigenvalue weighted by atomic mass is 35.5. The molecule has 0 saturated heterocycles. The van der Waals surface area contributed by atoms with Gasteiger partial charge in [-0.25, -0.2) is 8.42 Å². The summed E-state index contributed by atoms with van der Waals surface area (Å²) in [4.78, 5) is 24.7. The molecule has 0 heterocycles. The van der Waals surface area contributed by atoms with E-state index in [-0.39, 0.29) is 22.7 Å². The van der Waals surface area contributed by atoms with Gasteiger partial charge in [0.05, 0.1) is 11.4 Å². The molecule has 0 unspecified atom stereocenters. The van der Waals surface area contributed by atoms with Gasteiger partial charge in [0.1, 0.15) is 0 Å². The zero-order valence-electron chi connectivity index (χ0n) is 17.5. The Morgan fingerprint density at radius 3 is 2.34 bits per heavy atom. The molecule has 0 spiro atoms. The topological polar surface area (TPSA) is 104 Å². The van der Waals surface area contributed by atoms with E-state index < -0.39 is 21.8 Å². The highest BCUT2D eigenvalue weighted by molar-refractivity contribution is 7.92. The van der Waals surface area contributed by atoms with Crippen LogP contribution in [0.3, 0.4) is 0 Å². The zero-order chi connectivity index (χ0) is 23.3. The molecule has 3 rings (SSSR count). The van der Waals surface area contributed by atoms with Gasteiger partial charge in [0.25, 0.3) is 15.9 Å².